The highest BCUT2D eigenvalue weighted by Crippen LogP contribution is 2.56. The molecular formula is C20H24N4. The average molecular weight is 320 g/mol. The Kier molecular flexibility index (Phi) is 3.21. The average Bonchev–Trinajstić information content (AvgIpc) is 2.85. The normalized spacial score (nSPS) is 27.1. The first-order chi connectivity index (χ1) is 11.5. The van der Waals surface area contributed by atoms with Gasteiger partial charge in [-0.2, -0.15) is 0 Å². The zero-order valence-corrected chi connectivity index (χ0v) is 14.8. The second-order valence-corrected chi connectivity index (χ2v) is 7.49. The van der Waals surface area contributed by atoms with Gasteiger partial charge in [-0.25, -0.2) is 9.97 Å². The summed E-state index contributed by atoms with van der Waals surface area (Å²) >= 11 is 0. The Morgan fingerprint density at radius 2 is 1.79 bits per heavy atom. The van der Waals surface area contributed by atoms with Gasteiger partial charge in [0.2, 0.25) is 0 Å². The number of para-hydroxylation sites is 1. The SMILES string of the molecule is C=CC1C(C)c2ccccc2N2c3nccnc3N(C)C2C1(C)C. The molecule has 4 nitrogen and oxygen atoms in total. The fourth-order valence-electron chi connectivity index (χ4n) is 4.83. The molecule has 4 rings (SSSR count). The zero-order valence-electron chi connectivity index (χ0n) is 14.8. The third kappa shape index (κ3) is 1.80. The number of aromatic nitrogens is 2. The summed E-state index contributed by atoms with van der Waals surface area (Å²) in [5.41, 5.74) is 2.57. The molecular weight excluding hydrogens is 296 g/mol. The minimum Gasteiger partial charge on any atom is -0.335 e. The van der Waals surface area contributed by atoms with E-state index in [9.17, 15) is 0 Å². The van der Waals surface area contributed by atoms with Crippen molar-refractivity contribution < 1.29 is 0 Å². The lowest BCUT2D eigenvalue weighted by atomic mass is 9.69. The third-order valence-electron chi connectivity index (χ3n) is 5.84. The van der Waals surface area contributed by atoms with E-state index in [1.807, 2.05) is 0 Å². The van der Waals surface area contributed by atoms with Crippen LogP contribution in [0.1, 0.15) is 32.3 Å². The van der Waals surface area contributed by atoms with E-state index in [0.717, 1.165) is 11.6 Å². The van der Waals surface area contributed by atoms with Crippen molar-refractivity contribution in [2.75, 3.05) is 16.8 Å². The van der Waals surface area contributed by atoms with Crippen LogP contribution in [-0.2, 0) is 0 Å². The molecule has 0 saturated carbocycles. The molecule has 0 fully saturated rings. The molecule has 3 atom stereocenters. The molecule has 2 aliphatic heterocycles. The molecule has 2 aliphatic rings. The van der Waals surface area contributed by atoms with Crippen molar-refractivity contribution in [2.24, 2.45) is 11.3 Å². The van der Waals surface area contributed by atoms with E-state index in [2.05, 4.69) is 84.5 Å². The number of rotatable bonds is 1. The van der Waals surface area contributed by atoms with Gasteiger partial charge in [-0.3, -0.25) is 0 Å². The number of fused-ring (bicyclic) bond motifs is 5. The molecule has 0 saturated heterocycles. The van der Waals surface area contributed by atoms with E-state index < -0.39 is 0 Å². The van der Waals surface area contributed by atoms with Crippen LogP contribution in [0.15, 0.2) is 49.3 Å². The molecule has 0 amide bonds. The van der Waals surface area contributed by atoms with Crippen molar-refractivity contribution in [3.8, 4) is 0 Å². The summed E-state index contributed by atoms with van der Waals surface area (Å²) in [5, 5.41) is 0. The summed E-state index contributed by atoms with van der Waals surface area (Å²) in [5.74, 6) is 2.64. The molecule has 0 spiro atoms. The molecule has 0 aliphatic carbocycles. The molecule has 0 bridgehead atoms. The Bertz CT molecular complexity index is 798. The predicted octanol–water partition coefficient (Wildman–Crippen LogP) is 4.34. The van der Waals surface area contributed by atoms with E-state index in [1.54, 1.807) is 12.4 Å². The van der Waals surface area contributed by atoms with Gasteiger partial charge >= 0.3 is 0 Å². The van der Waals surface area contributed by atoms with Crippen LogP contribution in [0.2, 0.25) is 0 Å². The molecule has 3 unspecified atom stereocenters. The van der Waals surface area contributed by atoms with E-state index in [0.29, 0.717) is 11.8 Å². The third-order valence-corrected chi connectivity index (χ3v) is 5.84. The maximum Gasteiger partial charge on any atom is 0.178 e. The fourth-order valence-corrected chi connectivity index (χ4v) is 4.83. The first-order valence-corrected chi connectivity index (χ1v) is 8.53. The highest BCUT2D eigenvalue weighted by atomic mass is 15.5. The summed E-state index contributed by atoms with van der Waals surface area (Å²) in [6.07, 6.45) is 5.84. The minimum atomic E-state index is -0.0166. The van der Waals surface area contributed by atoms with Crippen molar-refractivity contribution in [1.29, 1.82) is 0 Å². The molecule has 124 valence electrons. The molecule has 3 heterocycles. The second-order valence-electron chi connectivity index (χ2n) is 7.49. The van der Waals surface area contributed by atoms with E-state index >= 15 is 0 Å². The summed E-state index contributed by atoms with van der Waals surface area (Å²) in [6.45, 7) is 11.1. The standard InChI is InChI=1S/C20H24N4/c1-6-15-13(2)14-9-7-8-10-16(14)24-18-17(21-11-12-22-18)23(5)19(24)20(15,3)4/h6-13,15,19H,1H2,2-5H3. The number of hydrogen-bond donors (Lipinski definition) is 0. The van der Waals surface area contributed by atoms with Gasteiger partial charge in [0, 0.05) is 30.5 Å². The number of hydrogen-bond acceptors (Lipinski definition) is 4. The zero-order chi connectivity index (χ0) is 17.1. The van der Waals surface area contributed by atoms with E-state index in [-0.39, 0.29) is 11.6 Å². The summed E-state index contributed by atoms with van der Waals surface area (Å²) in [7, 11) is 2.12. The molecule has 1 aromatic carbocycles. The lowest BCUT2D eigenvalue weighted by Crippen LogP contribution is -2.51. The highest BCUT2D eigenvalue weighted by molar-refractivity contribution is 5.80. The number of nitrogens with zero attached hydrogens (tertiary/aromatic N) is 4. The van der Waals surface area contributed by atoms with Crippen LogP contribution in [0.3, 0.4) is 0 Å². The highest BCUT2D eigenvalue weighted by Gasteiger charge is 2.52. The van der Waals surface area contributed by atoms with Crippen molar-refractivity contribution >= 4 is 17.3 Å². The predicted molar refractivity (Wildman–Crippen MR) is 98.7 cm³/mol. The topological polar surface area (TPSA) is 32.3 Å². The molecule has 0 radical (unpaired) electrons. The van der Waals surface area contributed by atoms with Crippen LogP contribution >= 0.6 is 0 Å². The van der Waals surface area contributed by atoms with Crippen molar-refractivity contribution in [1.82, 2.24) is 9.97 Å². The van der Waals surface area contributed by atoms with E-state index in [1.165, 1.54) is 11.3 Å². The van der Waals surface area contributed by atoms with Gasteiger partial charge in [-0.1, -0.05) is 45.0 Å². The quantitative estimate of drug-likeness (QED) is 0.732. The largest absolute Gasteiger partial charge is 0.335 e. The molecule has 0 N–H and O–H groups in total. The lowest BCUT2D eigenvalue weighted by molar-refractivity contribution is 0.191. The fraction of sp³-hybridized carbons (Fsp3) is 0.400. The lowest BCUT2D eigenvalue weighted by Gasteiger charge is -2.44. The van der Waals surface area contributed by atoms with Crippen LogP contribution in [0.5, 0.6) is 0 Å². The van der Waals surface area contributed by atoms with Crippen LogP contribution in [-0.4, -0.2) is 23.2 Å². The van der Waals surface area contributed by atoms with Gasteiger partial charge in [0.05, 0.1) is 0 Å². The van der Waals surface area contributed by atoms with Gasteiger partial charge in [-0.05, 0) is 23.5 Å². The van der Waals surface area contributed by atoms with Gasteiger partial charge in [-0.15, -0.1) is 6.58 Å². The van der Waals surface area contributed by atoms with Crippen LogP contribution in [0.25, 0.3) is 0 Å². The maximum atomic E-state index is 4.67. The number of anilines is 3. The van der Waals surface area contributed by atoms with Gasteiger partial charge in [0.15, 0.2) is 11.6 Å². The Labute approximate surface area is 143 Å². The van der Waals surface area contributed by atoms with E-state index in [4.69, 9.17) is 0 Å². The Morgan fingerprint density at radius 3 is 2.50 bits per heavy atom. The Balaban J connectivity index is 2.04. The summed E-state index contributed by atoms with van der Waals surface area (Å²) in [4.78, 5) is 13.9. The molecule has 2 aromatic rings. The molecule has 24 heavy (non-hydrogen) atoms. The maximum absolute atomic E-state index is 4.67. The van der Waals surface area contributed by atoms with Gasteiger partial charge in [0.25, 0.3) is 0 Å². The van der Waals surface area contributed by atoms with Gasteiger partial charge < -0.3 is 9.80 Å². The summed E-state index contributed by atoms with van der Waals surface area (Å²) in [6, 6.07) is 8.68. The van der Waals surface area contributed by atoms with Crippen molar-refractivity contribution in [3.63, 3.8) is 0 Å². The number of benzene rings is 1. The van der Waals surface area contributed by atoms with Crippen molar-refractivity contribution in [3.05, 3.63) is 54.9 Å². The Morgan fingerprint density at radius 1 is 1.12 bits per heavy atom. The smallest absolute Gasteiger partial charge is 0.178 e. The first-order valence-electron chi connectivity index (χ1n) is 8.53. The molecule has 1 aromatic heterocycles. The van der Waals surface area contributed by atoms with Crippen LogP contribution in [0.4, 0.5) is 17.3 Å². The minimum absolute atomic E-state index is 0.0166. The molecule has 4 heteroatoms. The van der Waals surface area contributed by atoms with Crippen LogP contribution in [0, 0.1) is 11.3 Å². The second kappa shape index (κ2) is 5.07. The number of allylic oxidation sites excluding steroid dienone is 1. The monoisotopic (exact) mass is 320 g/mol. The van der Waals surface area contributed by atoms with Crippen molar-refractivity contribution in [2.45, 2.75) is 32.9 Å². The van der Waals surface area contributed by atoms with Crippen LogP contribution < -0.4 is 9.80 Å². The first kappa shape index (κ1) is 15.2. The van der Waals surface area contributed by atoms with Gasteiger partial charge in [0.1, 0.15) is 6.17 Å². The summed E-state index contributed by atoms with van der Waals surface area (Å²) < 4.78 is 0. The Hall–Kier alpha value is -2.36.